The molecule has 4 heteroatoms. The lowest BCUT2D eigenvalue weighted by atomic mass is 9.86. The van der Waals surface area contributed by atoms with Crippen LogP contribution in [0.4, 0.5) is 0 Å². The first-order valence-corrected chi connectivity index (χ1v) is 8.09. The first-order chi connectivity index (χ1) is 9.86. The molecule has 0 radical (unpaired) electrons. The van der Waals surface area contributed by atoms with E-state index in [2.05, 4.69) is 47.6 Å². The minimum absolute atomic E-state index is 0.0324. The van der Waals surface area contributed by atoms with Crippen molar-refractivity contribution in [3.8, 4) is 0 Å². The number of aromatic nitrogens is 2. The van der Waals surface area contributed by atoms with E-state index in [1.165, 1.54) is 44.6 Å². The van der Waals surface area contributed by atoms with E-state index in [0.29, 0.717) is 5.41 Å². The molecule has 1 atom stereocenters. The van der Waals surface area contributed by atoms with Crippen molar-refractivity contribution >= 4 is 0 Å². The summed E-state index contributed by atoms with van der Waals surface area (Å²) in [5.41, 5.74) is 1.83. The Morgan fingerprint density at radius 3 is 2.33 bits per heavy atom. The maximum atomic E-state index is 4.55. The van der Waals surface area contributed by atoms with E-state index in [9.17, 15) is 0 Å². The number of hydrogen-bond acceptors (Lipinski definition) is 4. The van der Waals surface area contributed by atoms with Crippen LogP contribution in [0, 0.1) is 5.41 Å². The van der Waals surface area contributed by atoms with Crippen LogP contribution in [0.3, 0.4) is 0 Å². The number of rotatable bonds is 2. The molecule has 0 N–H and O–H groups in total. The minimum atomic E-state index is 0.0324. The van der Waals surface area contributed by atoms with Crippen molar-refractivity contribution in [2.45, 2.75) is 45.6 Å². The molecule has 0 amide bonds. The summed E-state index contributed by atoms with van der Waals surface area (Å²) in [5.74, 6) is 0.932. The normalized spacial score (nSPS) is 27.8. The van der Waals surface area contributed by atoms with Crippen LogP contribution >= 0.6 is 0 Å². The van der Waals surface area contributed by atoms with E-state index < -0.39 is 0 Å². The van der Waals surface area contributed by atoms with Gasteiger partial charge >= 0.3 is 0 Å². The second-order valence-electron chi connectivity index (χ2n) is 8.11. The van der Waals surface area contributed by atoms with Gasteiger partial charge in [0.2, 0.25) is 0 Å². The standard InChI is InChI=1S/C17H28N4/c1-16(2,3)15-18-9-14(10-19-15)11-21-8-6-17(13-21)5-7-20(4)12-17/h9-10H,5-8,11-13H2,1-4H3/t17-/m0/s1. The third kappa shape index (κ3) is 3.27. The van der Waals surface area contributed by atoms with Crippen LogP contribution in [0.5, 0.6) is 0 Å². The SMILES string of the molecule is CN1CC[C@]2(CCN(Cc3cnc(C(C)(C)C)nc3)C2)C1. The van der Waals surface area contributed by atoms with Gasteiger partial charge in [0.15, 0.2) is 0 Å². The van der Waals surface area contributed by atoms with Gasteiger partial charge < -0.3 is 4.90 Å². The highest BCUT2D eigenvalue weighted by molar-refractivity contribution is 5.10. The Hall–Kier alpha value is -1.00. The molecule has 2 fully saturated rings. The Bertz CT molecular complexity index is 491. The zero-order valence-electron chi connectivity index (χ0n) is 13.9. The molecule has 4 nitrogen and oxygen atoms in total. The molecule has 3 heterocycles. The highest BCUT2D eigenvalue weighted by Crippen LogP contribution is 2.39. The lowest BCUT2D eigenvalue weighted by molar-refractivity contribution is 0.250. The maximum Gasteiger partial charge on any atom is 0.133 e. The van der Waals surface area contributed by atoms with Gasteiger partial charge in [-0.1, -0.05) is 20.8 Å². The van der Waals surface area contributed by atoms with Gasteiger partial charge in [-0.2, -0.15) is 0 Å². The van der Waals surface area contributed by atoms with Crippen LogP contribution in [0.25, 0.3) is 0 Å². The summed E-state index contributed by atoms with van der Waals surface area (Å²) >= 11 is 0. The van der Waals surface area contributed by atoms with Gasteiger partial charge in [-0.05, 0) is 38.4 Å². The quantitative estimate of drug-likeness (QED) is 0.836. The van der Waals surface area contributed by atoms with Gasteiger partial charge in [0, 0.05) is 43.0 Å². The Kier molecular flexibility index (Phi) is 3.78. The lowest BCUT2D eigenvalue weighted by Gasteiger charge is -2.24. The fraction of sp³-hybridized carbons (Fsp3) is 0.765. The van der Waals surface area contributed by atoms with Crippen molar-refractivity contribution in [1.82, 2.24) is 19.8 Å². The van der Waals surface area contributed by atoms with Crippen molar-refractivity contribution in [3.05, 3.63) is 23.8 Å². The maximum absolute atomic E-state index is 4.55. The average Bonchev–Trinajstić information content (AvgIpc) is 2.96. The molecule has 1 aromatic rings. The lowest BCUT2D eigenvalue weighted by Crippen LogP contribution is -2.29. The highest BCUT2D eigenvalue weighted by atomic mass is 15.2. The Morgan fingerprint density at radius 2 is 1.76 bits per heavy atom. The van der Waals surface area contributed by atoms with Crippen molar-refractivity contribution in [2.24, 2.45) is 5.41 Å². The fourth-order valence-electron chi connectivity index (χ4n) is 3.74. The molecule has 0 aliphatic carbocycles. The molecule has 0 unspecified atom stereocenters. The Labute approximate surface area is 128 Å². The predicted molar refractivity (Wildman–Crippen MR) is 85.2 cm³/mol. The first-order valence-electron chi connectivity index (χ1n) is 8.09. The van der Waals surface area contributed by atoms with Crippen LogP contribution in [-0.2, 0) is 12.0 Å². The van der Waals surface area contributed by atoms with Crippen LogP contribution in [-0.4, -0.2) is 53.0 Å². The molecule has 2 aliphatic rings. The number of likely N-dealkylation sites (tertiary alicyclic amines) is 2. The van der Waals surface area contributed by atoms with Gasteiger partial charge in [0.25, 0.3) is 0 Å². The largest absolute Gasteiger partial charge is 0.306 e. The van der Waals surface area contributed by atoms with E-state index in [1.54, 1.807) is 0 Å². The van der Waals surface area contributed by atoms with Crippen LogP contribution in [0.1, 0.15) is 45.0 Å². The fourth-order valence-corrected chi connectivity index (χ4v) is 3.74. The van der Waals surface area contributed by atoms with Gasteiger partial charge in [-0.25, -0.2) is 9.97 Å². The third-order valence-corrected chi connectivity index (χ3v) is 4.93. The van der Waals surface area contributed by atoms with Crippen molar-refractivity contribution < 1.29 is 0 Å². The summed E-state index contributed by atoms with van der Waals surface area (Å²) in [6, 6.07) is 0. The molecule has 1 spiro atoms. The van der Waals surface area contributed by atoms with Crippen LogP contribution in [0.2, 0.25) is 0 Å². The molecule has 21 heavy (non-hydrogen) atoms. The van der Waals surface area contributed by atoms with E-state index in [4.69, 9.17) is 0 Å². The Balaban J connectivity index is 1.60. The summed E-state index contributed by atoms with van der Waals surface area (Å²) in [4.78, 5) is 14.1. The summed E-state index contributed by atoms with van der Waals surface area (Å²) < 4.78 is 0. The smallest absolute Gasteiger partial charge is 0.133 e. The van der Waals surface area contributed by atoms with E-state index in [0.717, 1.165) is 12.4 Å². The molecule has 2 saturated heterocycles. The van der Waals surface area contributed by atoms with Gasteiger partial charge in [0.05, 0.1) is 0 Å². The summed E-state index contributed by atoms with van der Waals surface area (Å²) in [6.07, 6.45) is 6.73. The predicted octanol–water partition coefficient (Wildman–Crippen LogP) is 2.30. The Morgan fingerprint density at radius 1 is 1.10 bits per heavy atom. The molecule has 2 aliphatic heterocycles. The molecule has 0 bridgehead atoms. The second kappa shape index (κ2) is 5.33. The van der Waals surface area contributed by atoms with E-state index >= 15 is 0 Å². The molecular weight excluding hydrogens is 260 g/mol. The molecule has 116 valence electrons. The summed E-state index contributed by atoms with van der Waals surface area (Å²) in [7, 11) is 2.25. The van der Waals surface area contributed by atoms with Crippen molar-refractivity contribution in [1.29, 1.82) is 0 Å². The van der Waals surface area contributed by atoms with Crippen LogP contribution in [0.15, 0.2) is 12.4 Å². The zero-order chi connectivity index (χ0) is 15.1. The molecular formula is C17H28N4. The minimum Gasteiger partial charge on any atom is -0.306 e. The molecule has 3 rings (SSSR count). The van der Waals surface area contributed by atoms with Gasteiger partial charge in [-0.15, -0.1) is 0 Å². The number of hydrogen-bond donors (Lipinski definition) is 0. The number of nitrogens with zero attached hydrogens (tertiary/aromatic N) is 4. The second-order valence-corrected chi connectivity index (χ2v) is 8.11. The monoisotopic (exact) mass is 288 g/mol. The summed E-state index contributed by atoms with van der Waals surface area (Å²) in [6.45, 7) is 12.4. The average molecular weight is 288 g/mol. The molecule has 0 aromatic carbocycles. The van der Waals surface area contributed by atoms with Crippen molar-refractivity contribution in [2.75, 3.05) is 33.2 Å². The third-order valence-electron chi connectivity index (χ3n) is 4.93. The van der Waals surface area contributed by atoms with Gasteiger partial charge in [-0.3, -0.25) is 4.90 Å². The highest BCUT2D eigenvalue weighted by Gasteiger charge is 2.42. The zero-order valence-corrected chi connectivity index (χ0v) is 13.9. The molecule has 0 saturated carbocycles. The van der Waals surface area contributed by atoms with E-state index in [1.807, 2.05) is 12.4 Å². The molecule has 1 aromatic heterocycles. The van der Waals surface area contributed by atoms with Crippen molar-refractivity contribution in [3.63, 3.8) is 0 Å². The summed E-state index contributed by atoms with van der Waals surface area (Å²) in [5, 5.41) is 0. The topological polar surface area (TPSA) is 32.3 Å². The van der Waals surface area contributed by atoms with E-state index in [-0.39, 0.29) is 5.41 Å². The van der Waals surface area contributed by atoms with Gasteiger partial charge in [0.1, 0.15) is 5.82 Å². The van der Waals surface area contributed by atoms with Crippen LogP contribution < -0.4 is 0 Å². The first kappa shape index (κ1) is 14.9.